The number of nitrogens with zero attached hydrogens (tertiary/aromatic N) is 2. The van der Waals surface area contributed by atoms with Crippen molar-refractivity contribution in [1.82, 2.24) is 9.55 Å². The fourth-order valence-electron chi connectivity index (χ4n) is 2.49. The Bertz CT molecular complexity index is 850. The first-order valence-electron chi connectivity index (χ1n) is 7.39. The average Bonchev–Trinajstić information content (AvgIpc) is 2.85. The third-order valence-corrected chi connectivity index (χ3v) is 3.85. The van der Waals surface area contributed by atoms with E-state index in [2.05, 4.69) is 22.1 Å². The van der Waals surface area contributed by atoms with Gasteiger partial charge < -0.3 is 35.7 Å². The second-order valence-electron chi connectivity index (χ2n) is 5.50. The summed E-state index contributed by atoms with van der Waals surface area (Å²) in [4.78, 5) is 19.0. The molecule has 1 fully saturated rings. The average molecular weight is 420 g/mol. The Labute approximate surface area is 168 Å². The summed E-state index contributed by atoms with van der Waals surface area (Å²) in [5, 5.41) is 28.8. The van der Waals surface area contributed by atoms with Gasteiger partial charge in [-0.05, 0) is 11.2 Å². The molecule has 0 saturated carbocycles. The van der Waals surface area contributed by atoms with Crippen molar-refractivity contribution in [3.63, 3.8) is 0 Å². The van der Waals surface area contributed by atoms with Crippen molar-refractivity contribution in [2.75, 3.05) is 6.61 Å². The van der Waals surface area contributed by atoms with E-state index < -0.39 is 36.8 Å². The first kappa shape index (κ1) is 20.2. The van der Waals surface area contributed by atoms with Gasteiger partial charge in [0.1, 0.15) is 18.3 Å². The topological polar surface area (TPSA) is 120 Å². The minimum Gasteiger partial charge on any atom is -0.410 e. The Hall–Kier alpha value is -1.16. The van der Waals surface area contributed by atoms with E-state index in [4.69, 9.17) is 9.84 Å². The zero-order chi connectivity index (χ0) is 17.3. The van der Waals surface area contributed by atoms with Crippen molar-refractivity contribution in [2.45, 2.75) is 31.5 Å². The van der Waals surface area contributed by atoms with E-state index in [9.17, 15) is 15.0 Å². The van der Waals surface area contributed by atoms with Crippen molar-refractivity contribution in [2.24, 2.45) is 4.99 Å². The first-order valence-corrected chi connectivity index (χ1v) is 7.39. The maximum absolute atomic E-state index is 12.2. The number of nitrogens with one attached hydrogen (secondary N) is 1. The smallest absolute Gasteiger partial charge is 0.324 e. The summed E-state index contributed by atoms with van der Waals surface area (Å²) >= 11 is 0. The minimum atomic E-state index is -1.34. The summed E-state index contributed by atoms with van der Waals surface area (Å²) in [7, 11) is 0. The molecule has 131 valence electrons. The molecule has 1 saturated heterocycles. The number of aliphatic hydroxyl groups excluding tert-OH is 3. The molecule has 1 radical (unpaired) electrons. The van der Waals surface area contributed by atoms with Crippen molar-refractivity contribution < 1.29 is 52.8 Å². The standard InChI is InChI=1S/C16H17N3O5.Y/c1-9-4-2-3-5-10(9)17-12-6-7-19(16(23)18-12)15-14(22)13(21)11(8-20)24-15;/h2-4,7,11,13-15,20-22H,8H2,1H3,(H,17,18,23);/q-2;/t11-,13?,14+,15-;/m1./s1. The van der Waals surface area contributed by atoms with Crippen LogP contribution >= 0.6 is 0 Å². The van der Waals surface area contributed by atoms with Crippen molar-refractivity contribution in [3.8, 4) is 0 Å². The van der Waals surface area contributed by atoms with Gasteiger partial charge in [0.15, 0.2) is 6.23 Å². The van der Waals surface area contributed by atoms with Crippen LogP contribution in [-0.4, -0.2) is 49.8 Å². The van der Waals surface area contributed by atoms with Crippen LogP contribution in [0.3, 0.4) is 0 Å². The number of para-hydroxylation sites is 1. The molecule has 1 unspecified atom stereocenters. The van der Waals surface area contributed by atoms with Gasteiger partial charge in [0, 0.05) is 32.7 Å². The molecule has 0 spiro atoms. The van der Waals surface area contributed by atoms with Gasteiger partial charge in [-0.25, -0.2) is 4.79 Å². The first-order chi connectivity index (χ1) is 11.5. The summed E-state index contributed by atoms with van der Waals surface area (Å²) in [6.07, 6.45) is -3.40. The minimum absolute atomic E-state index is 0. The van der Waals surface area contributed by atoms with Crippen LogP contribution in [0.4, 0.5) is 5.69 Å². The number of aryl methyl sites for hydroxylation is 1. The fourth-order valence-corrected chi connectivity index (χ4v) is 2.49. The van der Waals surface area contributed by atoms with Gasteiger partial charge in [0.2, 0.25) is 0 Å². The van der Waals surface area contributed by atoms with E-state index in [0.29, 0.717) is 5.69 Å². The van der Waals surface area contributed by atoms with Crippen LogP contribution in [0.1, 0.15) is 11.8 Å². The van der Waals surface area contributed by atoms with Crippen LogP contribution < -0.4 is 11.2 Å². The number of H-pyrrole nitrogens is 1. The van der Waals surface area contributed by atoms with Crippen LogP contribution in [0.5, 0.6) is 0 Å². The van der Waals surface area contributed by atoms with Gasteiger partial charge in [-0.15, -0.1) is 5.56 Å². The van der Waals surface area contributed by atoms with Crippen LogP contribution in [0.15, 0.2) is 34.2 Å². The predicted octanol–water partition coefficient (Wildman–Crippen LogP) is -1.07. The van der Waals surface area contributed by atoms with Gasteiger partial charge in [0.05, 0.1) is 6.61 Å². The Morgan fingerprint density at radius 1 is 1.36 bits per heavy atom. The van der Waals surface area contributed by atoms with E-state index in [0.717, 1.165) is 10.1 Å². The van der Waals surface area contributed by atoms with Crippen molar-refractivity contribution in [1.29, 1.82) is 0 Å². The summed E-state index contributed by atoms with van der Waals surface area (Å²) < 4.78 is 6.38. The van der Waals surface area contributed by atoms with Gasteiger partial charge in [-0.2, -0.15) is 30.5 Å². The molecule has 9 heteroatoms. The maximum atomic E-state index is 12.2. The van der Waals surface area contributed by atoms with Crippen LogP contribution in [0, 0.1) is 19.1 Å². The number of hydrogen-bond donors (Lipinski definition) is 4. The predicted molar refractivity (Wildman–Crippen MR) is 82.1 cm³/mol. The van der Waals surface area contributed by atoms with Crippen molar-refractivity contribution in [3.05, 3.63) is 58.1 Å². The summed E-state index contributed by atoms with van der Waals surface area (Å²) in [6.45, 7) is 1.41. The third-order valence-electron chi connectivity index (χ3n) is 3.85. The summed E-state index contributed by atoms with van der Waals surface area (Å²) in [6, 6.07) is 11.2. The van der Waals surface area contributed by atoms with E-state index in [-0.39, 0.29) is 38.2 Å². The largest absolute Gasteiger partial charge is 0.410 e. The fraction of sp³-hybridized carbons (Fsp3) is 0.375. The number of benzene rings is 1. The molecule has 0 aliphatic carbocycles. The van der Waals surface area contributed by atoms with Gasteiger partial charge in [0.25, 0.3) is 0 Å². The molecule has 8 nitrogen and oxygen atoms in total. The van der Waals surface area contributed by atoms with Crippen LogP contribution in [0.25, 0.3) is 0 Å². The normalized spacial score (nSPS) is 26.5. The number of aliphatic hydroxyl groups is 3. The maximum Gasteiger partial charge on any atom is 0.324 e. The molecule has 2 aromatic rings. The molecule has 25 heavy (non-hydrogen) atoms. The molecule has 1 aliphatic rings. The van der Waals surface area contributed by atoms with Gasteiger partial charge >= 0.3 is 5.69 Å². The second-order valence-corrected chi connectivity index (χ2v) is 5.50. The Balaban J connectivity index is 0.00000225. The molecule has 1 aromatic heterocycles. The number of ether oxygens (including phenoxy) is 1. The van der Waals surface area contributed by atoms with E-state index in [1.165, 1.54) is 6.20 Å². The molecule has 2 heterocycles. The molecule has 1 aliphatic heterocycles. The molecular weight excluding hydrogens is 403 g/mol. The Morgan fingerprint density at radius 3 is 2.72 bits per heavy atom. The molecule has 0 bridgehead atoms. The second kappa shape index (κ2) is 8.48. The quantitative estimate of drug-likeness (QED) is 0.472. The van der Waals surface area contributed by atoms with E-state index >= 15 is 0 Å². The molecule has 4 atom stereocenters. The number of rotatable bonds is 3. The van der Waals surface area contributed by atoms with E-state index in [1.54, 1.807) is 6.07 Å². The van der Waals surface area contributed by atoms with Crippen molar-refractivity contribution >= 4 is 5.69 Å². The van der Waals surface area contributed by atoms with Gasteiger partial charge in [-0.1, -0.05) is 6.92 Å². The molecular formula is C16H17N3O5Y-2. The number of hydrogen-bond acceptors (Lipinski definition) is 6. The molecule has 1 aromatic carbocycles. The SMILES string of the molecule is Cc1ccc[c-]c1N=c1[c-]cn([C@@H]2O[C@H](CO)C(O)[C@@H]2O)c(=O)[nH]1.[Y]. The third kappa shape index (κ3) is 4.16. The zero-order valence-corrected chi connectivity index (χ0v) is 16.3. The Kier molecular flexibility index (Phi) is 6.84. The molecule has 3 rings (SSSR count). The van der Waals surface area contributed by atoms with E-state index in [1.807, 2.05) is 19.1 Å². The van der Waals surface area contributed by atoms with Gasteiger partial charge in [-0.3, -0.25) is 4.99 Å². The summed E-state index contributed by atoms with van der Waals surface area (Å²) in [5.41, 5.74) is 1.09. The Morgan fingerprint density at radius 2 is 2.12 bits per heavy atom. The number of aromatic amines is 1. The van der Waals surface area contributed by atoms with Crippen LogP contribution in [-0.2, 0) is 37.4 Å². The molecule has 4 N–H and O–H groups in total. The number of aromatic nitrogens is 2. The molecule has 0 amide bonds. The zero-order valence-electron chi connectivity index (χ0n) is 13.5. The van der Waals surface area contributed by atoms with Crippen LogP contribution in [0.2, 0.25) is 0 Å². The summed E-state index contributed by atoms with van der Waals surface area (Å²) in [5.74, 6) is 0. The monoisotopic (exact) mass is 420 g/mol.